The minimum atomic E-state index is -0.176. The van der Waals surface area contributed by atoms with Crippen LogP contribution in [0.2, 0.25) is 0 Å². The first-order valence-corrected chi connectivity index (χ1v) is 12.1. The van der Waals surface area contributed by atoms with Crippen molar-refractivity contribution < 1.29 is 4.74 Å². The van der Waals surface area contributed by atoms with E-state index >= 15 is 0 Å². The third kappa shape index (κ3) is 3.41. The summed E-state index contributed by atoms with van der Waals surface area (Å²) in [5.41, 5.74) is 4.50. The van der Waals surface area contributed by atoms with Crippen LogP contribution in [0.25, 0.3) is 16.9 Å². The molecule has 0 unspecified atom stereocenters. The van der Waals surface area contributed by atoms with Gasteiger partial charge in [-0.25, -0.2) is 4.98 Å². The fourth-order valence-corrected chi connectivity index (χ4v) is 6.03. The number of hydrogen-bond donors (Lipinski definition) is 0. The van der Waals surface area contributed by atoms with E-state index in [9.17, 15) is 10.1 Å². The van der Waals surface area contributed by atoms with Crippen molar-refractivity contribution >= 4 is 11.8 Å². The lowest BCUT2D eigenvalue weighted by molar-refractivity contribution is 0.283. The van der Waals surface area contributed by atoms with Crippen molar-refractivity contribution in [3.05, 3.63) is 70.0 Å². The van der Waals surface area contributed by atoms with Crippen LogP contribution in [0.1, 0.15) is 43.2 Å². The predicted molar refractivity (Wildman–Crippen MR) is 127 cm³/mol. The molecule has 1 spiro atoms. The third-order valence-corrected chi connectivity index (χ3v) is 7.58. The number of nitrogens with zero attached hydrogens (tertiary/aromatic N) is 3. The summed E-state index contributed by atoms with van der Waals surface area (Å²) in [7, 11) is 1.62. The van der Waals surface area contributed by atoms with Crippen molar-refractivity contribution in [2.75, 3.05) is 12.9 Å². The van der Waals surface area contributed by atoms with Crippen LogP contribution in [0, 0.1) is 11.3 Å². The molecule has 0 atom stereocenters. The first-order valence-electron chi connectivity index (χ1n) is 11.1. The summed E-state index contributed by atoms with van der Waals surface area (Å²) in [6.07, 6.45) is 6.38. The van der Waals surface area contributed by atoms with Gasteiger partial charge < -0.3 is 4.74 Å². The van der Waals surface area contributed by atoms with Crippen LogP contribution in [-0.2, 0) is 11.8 Å². The Balaban J connectivity index is 1.83. The summed E-state index contributed by atoms with van der Waals surface area (Å²) < 4.78 is 7.10. The van der Waals surface area contributed by atoms with Gasteiger partial charge in [-0.1, -0.05) is 61.4 Å². The molecule has 0 amide bonds. The summed E-state index contributed by atoms with van der Waals surface area (Å²) in [6.45, 7) is 0. The van der Waals surface area contributed by atoms with Crippen LogP contribution in [0.3, 0.4) is 0 Å². The van der Waals surface area contributed by atoms with E-state index in [4.69, 9.17) is 9.72 Å². The number of methoxy groups -OCH3 is 1. The van der Waals surface area contributed by atoms with Gasteiger partial charge in [0.25, 0.3) is 5.56 Å². The number of aromatic nitrogens is 2. The van der Waals surface area contributed by atoms with Crippen molar-refractivity contribution in [3.8, 4) is 28.8 Å². The zero-order valence-corrected chi connectivity index (χ0v) is 19.0. The summed E-state index contributed by atoms with van der Waals surface area (Å²) in [5, 5.41) is 9.78. The average Bonchev–Trinajstić information content (AvgIpc) is 2.83. The van der Waals surface area contributed by atoms with Gasteiger partial charge in [-0.05, 0) is 37.0 Å². The number of ether oxygens (including phenoxy) is 1. The van der Waals surface area contributed by atoms with Gasteiger partial charge in [0, 0.05) is 17.0 Å². The number of fused-ring (bicyclic) bond motifs is 4. The molecule has 162 valence electrons. The summed E-state index contributed by atoms with van der Waals surface area (Å²) in [5.74, 6) is 0.906. The maximum atomic E-state index is 14.3. The molecule has 0 saturated heterocycles. The van der Waals surface area contributed by atoms with Crippen molar-refractivity contribution in [1.29, 1.82) is 5.26 Å². The van der Waals surface area contributed by atoms with E-state index in [0.717, 1.165) is 54.6 Å². The Labute approximate surface area is 192 Å². The molecule has 2 aliphatic rings. The molecule has 2 aliphatic carbocycles. The minimum Gasteiger partial charge on any atom is -0.497 e. The van der Waals surface area contributed by atoms with Gasteiger partial charge in [-0.15, -0.1) is 0 Å². The van der Waals surface area contributed by atoms with Crippen molar-refractivity contribution in [2.45, 2.75) is 49.1 Å². The Morgan fingerprint density at radius 3 is 2.75 bits per heavy atom. The molecule has 0 radical (unpaired) electrons. The minimum absolute atomic E-state index is 0.0138. The lowest BCUT2D eigenvalue weighted by Gasteiger charge is -2.42. The van der Waals surface area contributed by atoms with Crippen molar-refractivity contribution in [1.82, 2.24) is 9.55 Å². The summed E-state index contributed by atoms with van der Waals surface area (Å²) in [6, 6.07) is 18.0. The Bertz CT molecular complexity index is 1270. The number of benzene rings is 2. The maximum Gasteiger partial charge on any atom is 0.263 e. The van der Waals surface area contributed by atoms with Gasteiger partial charge in [0.1, 0.15) is 5.75 Å². The zero-order valence-electron chi connectivity index (χ0n) is 18.1. The van der Waals surface area contributed by atoms with Crippen LogP contribution in [0.5, 0.6) is 5.75 Å². The first kappa shape index (κ1) is 20.8. The largest absolute Gasteiger partial charge is 0.497 e. The highest BCUT2D eigenvalue weighted by Crippen LogP contribution is 2.49. The number of nitriles is 1. The van der Waals surface area contributed by atoms with Crippen LogP contribution in [0.15, 0.2) is 58.5 Å². The summed E-state index contributed by atoms with van der Waals surface area (Å²) in [4.78, 5) is 19.3. The summed E-state index contributed by atoms with van der Waals surface area (Å²) >= 11 is 1.30. The molecule has 3 aromatic rings. The molecule has 32 heavy (non-hydrogen) atoms. The van der Waals surface area contributed by atoms with E-state index in [1.807, 2.05) is 30.3 Å². The Kier molecular flexibility index (Phi) is 5.52. The Hall–Kier alpha value is -3.04. The van der Waals surface area contributed by atoms with Gasteiger partial charge in [0.05, 0.1) is 35.9 Å². The van der Waals surface area contributed by atoms with Gasteiger partial charge >= 0.3 is 0 Å². The highest BCUT2D eigenvalue weighted by molar-refractivity contribution is 7.99. The van der Waals surface area contributed by atoms with E-state index in [1.165, 1.54) is 23.7 Å². The number of thioether (sulfide) groups is 1. The van der Waals surface area contributed by atoms with Crippen LogP contribution in [0.4, 0.5) is 0 Å². The number of rotatable bonds is 4. The molecule has 5 nitrogen and oxygen atoms in total. The van der Waals surface area contributed by atoms with Crippen LogP contribution < -0.4 is 10.3 Å². The quantitative estimate of drug-likeness (QED) is 0.405. The Morgan fingerprint density at radius 1 is 1.16 bits per heavy atom. The van der Waals surface area contributed by atoms with E-state index in [2.05, 4.69) is 24.3 Å². The lowest BCUT2D eigenvalue weighted by Crippen LogP contribution is -2.42. The molecule has 0 N–H and O–H groups in total. The Morgan fingerprint density at radius 2 is 1.97 bits per heavy atom. The third-order valence-electron chi connectivity index (χ3n) is 6.77. The smallest absolute Gasteiger partial charge is 0.263 e. The second-order valence-electron chi connectivity index (χ2n) is 8.58. The van der Waals surface area contributed by atoms with Gasteiger partial charge in [0.15, 0.2) is 5.16 Å². The molecule has 0 bridgehead atoms. The fourth-order valence-electron chi connectivity index (χ4n) is 5.36. The van der Waals surface area contributed by atoms with E-state index in [0.29, 0.717) is 10.9 Å². The molecular weight excluding hydrogens is 418 g/mol. The molecule has 2 aromatic carbocycles. The molecule has 1 fully saturated rings. The SMILES string of the molecule is COc1cccc(-n2c(SCC#N)nc3c(c2=O)C2(CCCCC2)Cc2ccccc2-3)c1. The highest BCUT2D eigenvalue weighted by Gasteiger charge is 2.43. The first-order chi connectivity index (χ1) is 15.7. The molecular formula is C26H25N3O2S. The second-order valence-corrected chi connectivity index (χ2v) is 9.52. The molecule has 5 rings (SSSR count). The van der Waals surface area contributed by atoms with Crippen LogP contribution in [-0.4, -0.2) is 22.4 Å². The van der Waals surface area contributed by atoms with E-state index in [1.54, 1.807) is 11.7 Å². The maximum absolute atomic E-state index is 14.3. The van der Waals surface area contributed by atoms with Gasteiger partial charge in [-0.2, -0.15) is 5.26 Å². The topological polar surface area (TPSA) is 67.9 Å². The normalized spacial score (nSPS) is 16.1. The van der Waals surface area contributed by atoms with Crippen LogP contribution >= 0.6 is 11.8 Å². The van der Waals surface area contributed by atoms with E-state index < -0.39 is 0 Å². The predicted octanol–water partition coefficient (Wildman–Crippen LogP) is 5.28. The molecule has 6 heteroatoms. The average molecular weight is 444 g/mol. The second kappa shape index (κ2) is 8.48. The number of hydrogen-bond acceptors (Lipinski definition) is 5. The van der Waals surface area contributed by atoms with Gasteiger partial charge in [0.2, 0.25) is 0 Å². The fraction of sp³-hybridized carbons (Fsp3) is 0.346. The molecule has 1 saturated carbocycles. The lowest BCUT2D eigenvalue weighted by atomic mass is 9.62. The zero-order chi connectivity index (χ0) is 22.1. The molecule has 1 aromatic heterocycles. The molecule has 1 heterocycles. The van der Waals surface area contributed by atoms with Crippen molar-refractivity contribution in [3.63, 3.8) is 0 Å². The van der Waals surface area contributed by atoms with E-state index in [-0.39, 0.29) is 16.7 Å². The van der Waals surface area contributed by atoms with Crippen molar-refractivity contribution in [2.24, 2.45) is 0 Å². The highest BCUT2D eigenvalue weighted by atomic mass is 32.2. The molecule has 0 aliphatic heterocycles. The monoisotopic (exact) mass is 443 g/mol. The standard InChI is InChI=1S/C26H25N3O2S/c1-31-20-10-7-9-19(16-20)29-24(30)22-23(28-25(29)32-15-14-27)21-11-4-3-8-18(21)17-26(22)12-5-2-6-13-26/h3-4,7-11,16H,2,5-6,12-13,15,17H2,1H3. The van der Waals surface area contributed by atoms with Gasteiger partial charge in [-0.3, -0.25) is 9.36 Å².